The zero-order valence-corrected chi connectivity index (χ0v) is 63.2. The second kappa shape index (κ2) is 27.7. The SMILES string of the molecule is C=C(COC(=O)c1ccccc1C(=O)c1ccc(N(CC)CC)cc1O)[Si](C)(OC(C)(C)[Si](C)(C)C)C(C)(C)C(C)(C)O[Si](C)(C)C(C)(C)C(C)(C)O[Si](C)(C(C)(C)COc1ccc(C=C(C(=O)OCC)C(=O)OCC)cc1)C(C)(C)O[Si](C)(C)C. The van der Waals surface area contributed by atoms with E-state index in [1.165, 1.54) is 6.08 Å². The number of aromatic hydroxyl groups is 1. The minimum atomic E-state index is -3.36. The molecule has 14 nitrogen and oxygen atoms in total. The number of anilines is 1. The zero-order chi connectivity index (χ0) is 66.5. The Hall–Kier alpha value is -4.46. The number of carbonyl (C=O) groups excluding carboxylic acids is 4. The minimum absolute atomic E-state index is 0.0820. The number of benzene rings is 3. The Morgan fingerprint density at radius 2 is 1.08 bits per heavy atom. The average molecular weight is 1280 g/mol. The number of carbonyl (C=O) groups is 4. The predicted molar refractivity (Wildman–Crippen MR) is 364 cm³/mol. The number of nitrogens with zero attached hydrogens (tertiary/aromatic N) is 1. The predicted octanol–water partition coefficient (Wildman–Crippen LogP) is 16.4. The molecule has 19 heteroatoms. The molecule has 3 rings (SSSR count). The highest BCUT2D eigenvalue weighted by Crippen LogP contribution is 2.60. The van der Waals surface area contributed by atoms with Crippen LogP contribution in [-0.2, 0) is 41.5 Å². The van der Waals surface area contributed by atoms with Crippen molar-refractivity contribution in [3.63, 3.8) is 0 Å². The maximum atomic E-state index is 14.4. The van der Waals surface area contributed by atoms with E-state index in [4.69, 9.17) is 43.2 Å². The fourth-order valence-electron chi connectivity index (χ4n) is 10.8. The lowest BCUT2D eigenvalue weighted by molar-refractivity contribution is -0.146. The Morgan fingerprint density at radius 1 is 0.581 bits per heavy atom. The van der Waals surface area contributed by atoms with Gasteiger partial charge in [-0.2, -0.15) is 0 Å². The van der Waals surface area contributed by atoms with Crippen LogP contribution >= 0.6 is 0 Å². The number of esters is 3. The molecule has 0 aliphatic rings. The van der Waals surface area contributed by atoms with Gasteiger partial charge in [0, 0.05) is 50.7 Å². The standard InChI is InChI=1S/C67H111NO13Si5/c1-30-68(31-2)50-40-43-54(56(69)45-50)57(70)52-36-34-35-37-53(52)58(71)76-46-48(5)85(28,81-66(16,17)82(20,21)22)65(14,15)63(10,11)78-84(26,27)64(12,13)62(8,9)79-86(29,67(18,19)80-83(23,24)25)61(6,7)47-77-51-41-38-49(39-42-51)44-55(59(72)74-32-3)60(73)75-33-4/h34-45,69H,5,30-33,46-47H2,1-4,6-29H3. The number of ketones is 1. The van der Waals surface area contributed by atoms with Crippen LogP contribution in [0.4, 0.5) is 5.69 Å². The molecular formula is C67H111NO13Si5. The van der Waals surface area contributed by atoms with Gasteiger partial charge in [-0.05, 0) is 176 Å². The summed E-state index contributed by atoms with van der Waals surface area (Å²) < 4.78 is 53.9. The Balaban J connectivity index is 2.08. The summed E-state index contributed by atoms with van der Waals surface area (Å²) in [6, 6.07) is 18.8. The Morgan fingerprint density at radius 3 is 1.55 bits per heavy atom. The monoisotopic (exact) mass is 1280 g/mol. The van der Waals surface area contributed by atoms with Crippen molar-refractivity contribution in [3.8, 4) is 11.5 Å². The second-order valence-corrected chi connectivity index (χ2v) is 53.0. The van der Waals surface area contributed by atoms with Gasteiger partial charge < -0.3 is 46.7 Å². The minimum Gasteiger partial charge on any atom is -0.507 e. The van der Waals surface area contributed by atoms with Crippen LogP contribution in [0.15, 0.2) is 84.1 Å². The maximum absolute atomic E-state index is 14.4. The fourth-order valence-corrected chi connectivity index (χ4v) is 27.0. The highest BCUT2D eigenvalue weighted by molar-refractivity contribution is 6.85. The summed E-state index contributed by atoms with van der Waals surface area (Å²) in [4.78, 5) is 56.1. The number of hydrogen-bond donors (Lipinski definition) is 1. The Labute approximate surface area is 524 Å². The van der Waals surface area contributed by atoms with Gasteiger partial charge in [-0.3, -0.25) is 4.79 Å². The Kier molecular flexibility index (Phi) is 24.4. The summed E-state index contributed by atoms with van der Waals surface area (Å²) in [6.07, 6.45) is 1.47. The van der Waals surface area contributed by atoms with Gasteiger partial charge in [0.05, 0.1) is 55.4 Å². The first-order valence-corrected chi connectivity index (χ1v) is 45.2. The molecule has 0 bridgehead atoms. The van der Waals surface area contributed by atoms with Crippen LogP contribution in [-0.4, -0.2) is 131 Å². The molecule has 3 aromatic rings. The number of phenols is 1. The van der Waals surface area contributed by atoms with E-state index in [-0.39, 0.29) is 47.8 Å². The number of ether oxygens (including phenoxy) is 4. The third-order valence-electron chi connectivity index (χ3n) is 19.5. The Bertz CT molecular complexity index is 2890. The molecule has 0 saturated carbocycles. The lowest BCUT2D eigenvalue weighted by atomic mass is 9.93. The largest absolute Gasteiger partial charge is 0.507 e. The van der Waals surface area contributed by atoms with Crippen molar-refractivity contribution in [1.82, 2.24) is 0 Å². The van der Waals surface area contributed by atoms with E-state index in [0.29, 0.717) is 23.1 Å². The first-order valence-electron chi connectivity index (χ1n) is 30.6. The van der Waals surface area contributed by atoms with Crippen LogP contribution in [0.5, 0.6) is 11.5 Å². The molecule has 0 radical (unpaired) electrons. The van der Waals surface area contributed by atoms with Gasteiger partial charge in [0.1, 0.15) is 23.7 Å². The van der Waals surface area contributed by atoms with E-state index >= 15 is 0 Å². The van der Waals surface area contributed by atoms with Crippen LogP contribution in [0.3, 0.4) is 0 Å². The first kappa shape index (κ1) is 75.8. The lowest BCUT2D eigenvalue weighted by Crippen LogP contribution is -2.71. The second-order valence-electron chi connectivity index (χ2n) is 29.3. The summed E-state index contributed by atoms with van der Waals surface area (Å²) in [6.45, 7) is 67.2. The number of phenolic OH excluding ortho intramolecular Hbond substituents is 1. The van der Waals surface area contributed by atoms with Crippen molar-refractivity contribution >= 4 is 76.8 Å². The van der Waals surface area contributed by atoms with E-state index < -0.39 is 102 Å². The van der Waals surface area contributed by atoms with Gasteiger partial charge in [0.2, 0.25) is 16.6 Å². The van der Waals surface area contributed by atoms with E-state index in [1.807, 2.05) is 32.0 Å². The van der Waals surface area contributed by atoms with Crippen molar-refractivity contribution in [2.24, 2.45) is 0 Å². The summed E-state index contributed by atoms with van der Waals surface area (Å²) in [5.41, 5.74) is -0.163. The first-order chi connectivity index (χ1) is 38.9. The summed E-state index contributed by atoms with van der Waals surface area (Å²) in [7, 11) is -13.7. The van der Waals surface area contributed by atoms with Crippen molar-refractivity contribution in [2.45, 2.75) is 227 Å². The topological polar surface area (TPSA) is 166 Å². The van der Waals surface area contributed by atoms with E-state index in [1.54, 1.807) is 62.4 Å². The third kappa shape index (κ3) is 16.7. The molecule has 2 atom stereocenters. The van der Waals surface area contributed by atoms with Gasteiger partial charge >= 0.3 is 17.9 Å². The molecule has 86 heavy (non-hydrogen) atoms. The highest BCUT2D eigenvalue weighted by atomic mass is 28.4. The van der Waals surface area contributed by atoms with Crippen LogP contribution < -0.4 is 9.64 Å². The molecule has 0 fully saturated rings. The molecule has 482 valence electrons. The van der Waals surface area contributed by atoms with Gasteiger partial charge in [0.25, 0.3) is 0 Å². The van der Waals surface area contributed by atoms with Crippen LogP contribution in [0.2, 0.25) is 80.6 Å². The van der Waals surface area contributed by atoms with Crippen LogP contribution in [0, 0.1) is 0 Å². The smallest absolute Gasteiger partial charge is 0.345 e. The van der Waals surface area contributed by atoms with Crippen molar-refractivity contribution in [3.05, 3.63) is 106 Å². The van der Waals surface area contributed by atoms with Crippen molar-refractivity contribution in [2.75, 3.05) is 44.4 Å². The van der Waals surface area contributed by atoms with Crippen LogP contribution in [0.25, 0.3) is 6.08 Å². The van der Waals surface area contributed by atoms with E-state index in [0.717, 1.165) is 18.8 Å². The molecular weight excluding hydrogens is 1170 g/mol. The third-order valence-corrected chi connectivity index (χ3v) is 40.8. The average Bonchev–Trinajstić information content (AvgIpc) is 0.809. The maximum Gasteiger partial charge on any atom is 0.345 e. The molecule has 0 aromatic heterocycles. The van der Waals surface area contributed by atoms with E-state index in [2.05, 4.69) is 167 Å². The molecule has 1 N–H and O–H groups in total. The zero-order valence-electron chi connectivity index (χ0n) is 58.2. The lowest BCUT2D eigenvalue weighted by Gasteiger charge is -2.61. The quantitative estimate of drug-likeness (QED) is 0.0119. The number of hydrogen-bond acceptors (Lipinski definition) is 14. The summed E-state index contributed by atoms with van der Waals surface area (Å²) in [5, 5.41) is 8.70. The van der Waals surface area contributed by atoms with Crippen LogP contribution in [0.1, 0.15) is 156 Å². The molecule has 0 spiro atoms. The van der Waals surface area contributed by atoms with E-state index in [9.17, 15) is 24.3 Å². The summed E-state index contributed by atoms with van der Waals surface area (Å²) in [5.74, 6) is -2.24. The summed E-state index contributed by atoms with van der Waals surface area (Å²) >= 11 is 0. The van der Waals surface area contributed by atoms with Gasteiger partial charge in [0.15, 0.2) is 22.4 Å². The molecule has 3 aromatic carbocycles. The number of rotatable bonds is 32. The van der Waals surface area contributed by atoms with Crippen molar-refractivity contribution < 1.29 is 60.9 Å². The molecule has 2 unspecified atom stereocenters. The highest BCUT2D eigenvalue weighted by Gasteiger charge is 2.66. The van der Waals surface area contributed by atoms with Gasteiger partial charge in [-0.15, -0.1) is 0 Å². The van der Waals surface area contributed by atoms with Crippen molar-refractivity contribution in [1.29, 1.82) is 0 Å². The molecule has 0 heterocycles. The molecule has 0 amide bonds. The molecule has 0 aliphatic heterocycles. The van der Waals surface area contributed by atoms with Gasteiger partial charge in [-0.25, -0.2) is 14.4 Å². The molecule has 0 saturated heterocycles. The fraction of sp³-hybridized carbons (Fsp3) is 0.612. The van der Waals surface area contributed by atoms with Gasteiger partial charge in [-0.1, -0.05) is 98.1 Å². The molecule has 0 aliphatic carbocycles. The normalized spacial score (nSPS) is 14.7.